The van der Waals surface area contributed by atoms with Gasteiger partial charge in [-0.3, -0.25) is 4.79 Å². The van der Waals surface area contributed by atoms with Crippen molar-refractivity contribution in [2.24, 2.45) is 0 Å². The first kappa shape index (κ1) is 10.7. The SMILES string of the molecule is COCC1CCCN1C1=CC(=O)CCC1. The summed E-state index contributed by atoms with van der Waals surface area (Å²) in [6.45, 7) is 1.87. The van der Waals surface area contributed by atoms with Gasteiger partial charge >= 0.3 is 0 Å². The van der Waals surface area contributed by atoms with Crippen molar-refractivity contribution in [3.63, 3.8) is 0 Å². The van der Waals surface area contributed by atoms with Crippen LogP contribution in [0.2, 0.25) is 0 Å². The molecule has 1 aliphatic carbocycles. The molecule has 0 amide bonds. The van der Waals surface area contributed by atoms with Crippen LogP contribution in [0.25, 0.3) is 0 Å². The highest BCUT2D eigenvalue weighted by atomic mass is 16.5. The minimum atomic E-state index is 0.291. The Morgan fingerprint density at radius 1 is 1.47 bits per heavy atom. The summed E-state index contributed by atoms with van der Waals surface area (Å²) in [7, 11) is 1.75. The van der Waals surface area contributed by atoms with Crippen LogP contribution in [0, 0.1) is 0 Å². The monoisotopic (exact) mass is 209 g/mol. The Morgan fingerprint density at radius 3 is 3.07 bits per heavy atom. The molecule has 2 aliphatic rings. The number of carbonyl (C=O) groups is 1. The minimum Gasteiger partial charge on any atom is -0.383 e. The summed E-state index contributed by atoms with van der Waals surface area (Å²) in [5, 5.41) is 0. The fraction of sp³-hybridized carbons (Fsp3) is 0.750. The third kappa shape index (κ3) is 2.40. The van der Waals surface area contributed by atoms with Gasteiger partial charge in [0, 0.05) is 31.8 Å². The van der Waals surface area contributed by atoms with Crippen molar-refractivity contribution in [2.45, 2.75) is 38.1 Å². The van der Waals surface area contributed by atoms with E-state index in [1.165, 1.54) is 18.5 Å². The van der Waals surface area contributed by atoms with E-state index in [0.717, 1.165) is 32.4 Å². The van der Waals surface area contributed by atoms with E-state index in [0.29, 0.717) is 11.8 Å². The molecule has 84 valence electrons. The van der Waals surface area contributed by atoms with E-state index in [4.69, 9.17) is 4.74 Å². The predicted octanol–water partition coefficient (Wildman–Crippen LogP) is 1.73. The van der Waals surface area contributed by atoms with Crippen LogP contribution < -0.4 is 0 Å². The Morgan fingerprint density at radius 2 is 2.33 bits per heavy atom. The van der Waals surface area contributed by atoms with Gasteiger partial charge in [0.05, 0.1) is 12.6 Å². The number of ketones is 1. The van der Waals surface area contributed by atoms with E-state index < -0.39 is 0 Å². The van der Waals surface area contributed by atoms with Gasteiger partial charge in [-0.1, -0.05) is 0 Å². The zero-order chi connectivity index (χ0) is 10.7. The van der Waals surface area contributed by atoms with Crippen LogP contribution in [-0.2, 0) is 9.53 Å². The molecule has 0 bridgehead atoms. The highest BCUT2D eigenvalue weighted by Crippen LogP contribution is 2.27. The van der Waals surface area contributed by atoms with Crippen molar-refractivity contribution in [3.8, 4) is 0 Å². The van der Waals surface area contributed by atoms with E-state index in [9.17, 15) is 4.79 Å². The molecule has 1 aliphatic heterocycles. The Labute approximate surface area is 91.1 Å². The Hall–Kier alpha value is -0.830. The molecule has 1 fully saturated rings. The van der Waals surface area contributed by atoms with Gasteiger partial charge in [-0.25, -0.2) is 0 Å². The molecule has 1 heterocycles. The molecule has 0 N–H and O–H groups in total. The maximum atomic E-state index is 11.4. The largest absolute Gasteiger partial charge is 0.383 e. The second kappa shape index (κ2) is 4.79. The fourth-order valence-electron chi connectivity index (χ4n) is 2.58. The first-order valence-corrected chi connectivity index (χ1v) is 5.80. The second-order valence-corrected chi connectivity index (χ2v) is 4.40. The number of carbonyl (C=O) groups excluding carboxylic acids is 1. The first-order valence-electron chi connectivity index (χ1n) is 5.80. The molecule has 2 rings (SSSR count). The Balaban J connectivity index is 2.05. The van der Waals surface area contributed by atoms with Crippen molar-refractivity contribution in [3.05, 3.63) is 11.8 Å². The van der Waals surface area contributed by atoms with Crippen LogP contribution in [0.1, 0.15) is 32.1 Å². The van der Waals surface area contributed by atoms with Crippen LogP contribution in [0.3, 0.4) is 0 Å². The van der Waals surface area contributed by atoms with Gasteiger partial charge in [-0.2, -0.15) is 0 Å². The van der Waals surface area contributed by atoms with Crippen molar-refractivity contribution in [1.82, 2.24) is 4.90 Å². The number of hydrogen-bond donors (Lipinski definition) is 0. The average molecular weight is 209 g/mol. The van der Waals surface area contributed by atoms with Crippen LogP contribution in [0.4, 0.5) is 0 Å². The topological polar surface area (TPSA) is 29.5 Å². The molecule has 15 heavy (non-hydrogen) atoms. The average Bonchev–Trinajstić information content (AvgIpc) is 2.66. The molecule has 3 heteroatoms. The summed E-state index contributed by atoms with van der Waals surface area (Å²) in [6.07, 6.45) is 7.06. The summed E-state index contributed by atoms with van der Waals surface area (Å²) in [6, 6.07) is 0.493. The van der Waals surface area contributed by atoms with Crippen LogP contribution in [0.15, 0.2) is 11.8 Å². The third-order valence-electron chi connectivity index (χ3n) is 3.29. The molecule has 0 saturated carbocycles. The molecule has 1 atom stereocenters. The maximum absolute atomic E-state index is 11.4. The summed E-state index contributed by atoms with van der Waals surface area (Å²) in [4.78, 5) is 13.7. The molecular weight excluding hydrogens is 190 g/mol. The standard InChI is InChI=1S/C12H19NO2/c1-15-9-11-5-3-7-13(11)10-4-2-6-12(14)8-10/h8,11H,2-7,9H2,1H3. The number of allylic oxidation sites excluding steroid dienone is 2. The molecule has 0 radical (unpaired) electrons. The van der Waals surface area contributed by atoms with Crippen molar-refractivity contribution < 1.29 is 9.53 Å². The number of likely N-dealkylation sites (tertiary alicyclic amines) is 1. The van der Waals surface area contributed by atoms with Crippen molar-refractivity contribution >= 4 is 5.78 Å². The van der Waals surface area contributed by atoms with Crippen molar-refractivity contribution in [2.75, 3.05) is 20.3 Å². The van der Waals surface area contributed by atoms with Gasteiger partial charge in [-0.05, 0) is 25.7 Å². The number of hydrogen-bond acceptors (Lipinski definition) is 3. The molecule has 0 aromatic heterocycles. The zero-order valence-electron chi connectivity index (χ0n) is 9.37. The fourth-order valence-corrected chi connectivity index (χ4v) is 2.58. The lowest BCUT2D eigenvalue weighted by Gasteiger charge is -2.30. The molecule has 1 unspecified atom stereocenters. The number of methoxy groups -OCH3 is 1. The maximum Gasteiger partial charge on any atom is 0.157 e. The van der Waals surface area contributed by atoms with Gasteiger partial charge in [0.1, 0.15) is 0 Å². The normalized spacial score (nSPS) is 27.0. The van der Waals surface area contributed by atoms with Crippen LogP contribution in [-0.4, -0.2) is 37.0 Å². The molecule has 0 aromatic carbocycles. The van der Waals surface area contributed by atoms with Gasteiger partial charge < -0.3 is 9.64 Å². The van der Waals surface area contributed by atoms with Crippen molar-refractivity contribution in [1.29, 1.82) is 0 Å². The van der Waals surface area contributed by atoms with E-state index in [2.05, 4.69) is 4.90 Å². The lowest BCUT2D eigenvalue weighted by molar-refractivity contribution is -0.115. The highest BCUT2D eigenvalue weighted by Gasteiger charge is 2.27. The third-order valence-corrected chi connectivity index (χ3v) is 3.29. The Bertz CT molecular complexity index is 273. The van der Waals surface area contributed by atoms with Gasteiger partial charge in [-0.15, -0.1) is 0 Å². The van der Waals surface area contributed by atoms with E-state index in [-0.39, 0.29) is 0 Å². The summed E-state index contributed by atoms with van der Waals surface area (Å²) >= 11 is 0. The molecule has 0 aromatic rings. The van der Waals surface area contributed by atoms with Gasteiger partial charge in [0.15, 0.2) is 5.78 Å². The van der Waals surface area contributed by atoms with E-state index >= 15 is 0 Å². The molecule has 3 nitrogen and oxygen atoms in total. The summed E-state index contributed by atoms with van der Waals surface area (Å²) in [5.74, 6) is 0.291. The summed E-state index contributed by atoms with van der Waals surface area (Å²) < 4.78 is 5.22. The second-order valence-electron chi connectivity index (χ2n) is 4.40. The predicted molar refractivity (Wildman–Crippen MR) is 58.5 cm³/mol. The Kier molecular flexibility index (Phi) is 3.41. The number of rotatable bonds is 3. The van der Waals surface area contributed by atoms with E-state index in [1.54, 1.807) is 7.11 Å². The van der Waals surface area contributed by atoms with Gasteiger partial charge in [0.2, 0.25) is 0 Å². The lowest BCUT2D eigenvalue weighted by Crippen LogP contribution is -2.33. The minimum absolute atomic E-state index is 0.291. The zero-order valence-corrected chi connectivity index (χ0v) is 9.37. The smallest absolute Gasteiger partial charge is 0.157 e. The lowest BCUT2D eigenvalue weighted by atomic mass is 10.0. The molecule has 1 saturated heterocycles. The number of nitrogens with zero attached hydrogens (tertiary/aromatic N) is 1. The highest BCUT2D eigenvalue weighted by molar-refractivity contribution is 5.91. The summed E-state index contributed by atoms with van der Waals surface area (Å²) in [5.41, 5.74) is 1.24. The van der Waals surface area contributed by atoms with Crippen LogP contribution >= 0.6 is 0 Å². The number of ether oxygens (including phenoxy) is 1. The van der Waals surface area contributed by atoms with E-state index in [1.807, 2.05) is 6.08 Å². The quantitative estimate of drug-likeness (QED) is 0.709. The van der Waals surface area contributed by atoms with Crippen LogP contribution in [0.5, 0.6) is 0 Å². The molecule has 0 spiro atoms. The molecular formula is C12H19NO2. The first-order chi connectivity index (χ1) is 7.31. The van der Waals surface area contributed by atoms with Gasteiger partial charge in [0.25, 0.3) is 0 Å².